The van der Waals surface area contributed by atoms with Crippen LogP contribution in [-0.2, 0) is 11.3 Å². The first kappa shape index (κ1) is 18.6. The molecule has 0 saturated carbocycles. The van der Waals surface area contributed by atoms with Crippen molar-refractivity contribution in [3.8, 4) is 11.3 Å². The van der Waals surface area contributed by atoms with E-state index >= 15 is 0 Å². The lowest BCUT2D eigenvalue weighted by molar-refractivity contribution is -0.125. The number of benzene rings is 1. The second-order valence-corrected chi connectivity index (χ2v) is 6.20. The Morgan fingerprint density at radius 3 is 2.56 bits per heavy atom. The number of rotatable bonds is 7. The minimum Gasteiger partial charge on any atom is -0.340 e. The number of pyridine rings is 1. The van der Waals surface area contributed by atoms with Crippen molar-refractivity contribution in [2.24, 2.45) is 0 Å². The number of aromatic nitrogens is 3. The molecule has 0 aliphatic heterocycles. The Morgan fingerprint density at radius 1 is 1.11 bits per heavy atom. The number of hydrogen-bond acceptors (Lipinski definition) is 3. The molecule has 0 radical (unpaired) electrons. The molecular weight excluding hydrogens is 336 g/mol. The quantitative estimate of drug-likeness (QED) is 0.601. The summed E-state index contributed by atoms with van der Waals surface area (Å²) < 4.78 is 1.90. The SMILES string of the molecule is CCN(CC)C(=O)/C=C/c1cn(Cc2ccccc2)nc1-c1cccnc1. The molecule has 1 aromatic carbocycles. The standard InChI is InChI=1S/C22H24N4O/c1-3-25(4-2)21(27)13-12-20-17-26(16-18-9-6-5-7-10-18)24-22(20)19-11-8-14-23-15-19/h5-15,17H,3-4,16H2,1-2H3/b13-12+. The lowest BCUT2D eigenvalue weighted by atomic mass is 10.1. The number of nitrogens with zero attached hydrogens (tertiary/aromatic N) is 4. The second kappa shape index (κ2) is 8.94. The molecule has 0 atom stereocenters. The third kappa shape index (κ3) is 4.70. The Hall–Kier alpha value is -3.21. The molecule has 0 N–H and O–H groups in total. The Kier molecular flexibility index (Phi) is 6.15. The molecular formula is C22H24N4O. The summed E-state index contributed by atoms with van der Waals surface area (Å²) in [6.07, 6.45) is 8.97. The average molecular weight is 360 g/mol. The number of carbonyl (C=O) groups excluding carboxylic acids is 1. The van der Waals surface area contributed by atoms with Crippen LogP contribution in [0.25, 0.3) is 17.3 Å². The second-order valence-electron chi connectivity index (χ2n) is 6.20. The highest BCUT2D eigenvalue weighted by atomic mass is 16.2. The third-order valence-electron chi connectivity index (χ3n) is 4.39. The van der Waals surface area contributed by atoms with Crippen LogP contribution >= 0.6 is 0 Å². The molecule has 5 heteroatoms. The van der Waals surface area contributed by atoms with Gasteiger partial charge in [-0.3, -0.25) is 14.5 Å². The van der Waals surface area contributed by atoms with Gasteiger partial charge in [-0.05, 0) is 37.6 Å². The summed E-state index contributed by atoms with van der Waals surface area (Å²) in [4.78, 5) is 18.3. The van der Waals surface area contributed by atoms with E-state index in [1.54, 1.807) is 23.4 Å². The van der Waals surface area contributed by atoms with Gasteiger partial charge in [-0.1, -0.05) is 30.3 Å². The smallest absolute Gasteiger partial charge is 0.246 e. The van der Waals surface area contributed by atoms with Gasteiger partial charge < -0.3 is 4.90 Å². The Balaban J connectivity index is 1.92. The zero-order valence-electron chi connectivity index (χ0n) is 15.7. The van der Waals surface area contributed by atoms with Crippen molar-refractivity contribution in [2.45, 2.75) is 20.4 Å². The van der Waals surface area contributed by atoms with E-state index in [-0.39, 0.29) is 5.91 Å². The Morgan fingerprint density at radius 2 is 1.89 bits per heavy atom. The van der Waals surface area contributed by atoms with E-state index in [2.05, 4.69) is 17.1 Å². The predicted octanol–water partition coefficient (Wildman–Crippen LogP) is 3.88. The molecule has 0 unspecified atom stereocenters. The van der Waals surface area contributed by atoms with Crippen molar-refractivity contribution in [1.82, 2.24) is 19.7 Å². The summed E-state index contributed by atoms with van der Waals surface area (Å²) in [6.45, 7) is 6.03. The van der Waals surface area contributed by atoms with Gasteiger partial charge in [0.25, 0.3) is 0 Å². The van der Waals surface area contributed by atoms with Gasteiger partial charge >= 0.3 is 0 Å². The van der Waals surface area contributed by atoms with E-state index in [0.29, 0.717) is 19.6 Å². The summed E-state index contributed by atoms with van der Waals surface area (Å²) in [5, 5.41) is 4.74. The van der Waals surface area contributed by atoms with E-state index in [4.69, 9.17) is 5.10 Å². The molecule has 138 valence electrons. The van der Waals surface area contributed by atoms with Crippen molar-refractivity contribution in [3.05, 3.63) is 78.3 Å². The van der Waals surface area contributed by atoms with Crippen LogP contribution in [0.2, 0.25) is 0 Å². The van der Waals surface area contributed by atoms with Crippen LogP contribution in [0, 0.1) is 0 Å². The summed E-state index contributed by atoms with van der Waals surface area (Å²) in [7, 11) is 0. The van der Waals surface area contributed by atoms with Crippen molar-refractivity contribution < 1.29 is 4.79 Å². The summed E-state index contributed by atoms with van der Waals surface area (Å²) in [5.74, 6) is 0.00736. The molecule has 0 saturated heterocycles. The van der Waals surface area contributed by atoms with Gasteiger partial charge in [-0.2, -0.15) is 5.10 Å². The maximum atomic E-state index is 12.3. The van der Waals surface area contributed by atoms with Crippen molar-refractivity contribution in [2.75, 3.05) is 13.1 Å². The number of amides is 1. The monoisotopic (exact) mass is 360 g/mol. The van der Waals surface area contributed by atoms with Crippen molar-refractivity contribution in [3.63, 3.8) is 0 Å². The van der Waals surface area contributed by atoms with Crippen LogP contribution in [0.4, 0.5) is 0 Å². The molecule has 0 aliphatic carbocycles. The van der Waals surface area contributed by atoms with Crippen LogP contribution in [-0.4, -0.2) is 38.7 Å². The van der Waals surface area contributed by atoms with Crippen LogP contribution in [0.5, 0.6) is 0 Å². The van der Waals surface area contributed by atoms with Gasteiger partial charge in [0.2, 0.25) is 5.91 Å². The highest BCUT2D eigenvalue weighted by Crippen LogP contribution is 2.23. The first-order chi connectivity index (χ1) is 13.2. The third-order valence-corrected chi connectivity index (χ3v) is 4.39. The minimum absolute atomic E-state index is 0.00736. The average Bonchev–Trinajstić information content (AvgIpc) is 3.11. The van der Waals surface area contributed by atoms with Crippen LogP contribution in [0.15, 0.2) is 67.1 Å². The first-order valence-corrected chi connectivity index (χ1v) is 9.20. The largest absolute Gasteiger partial charge is 0.340 e. The van der Waals surface area contributed by atoms with Crippen LogP contribution < -0.4 is 0 Å². The topological polar surface area (TPSA) is 51.0 Å². The highest BCUT2D eigenvalue weighted by Gasteiger charge is 2.11. The maximum Gasteiger partial charge on any atom is 0.246 e. The fourth-order valence-electron chi connectivity index (χ4n) is 2.94. The minimum atomic E-state index is 0.00736. The van der Waals surface area contributed by atoms with Crippen molar-refractivity contribution >= 4 is 12.0 Å². The van der Waals surface area contributed by atoms with Gasteiger partial charge in [-0.25, -0.2) is 0 Å². The van der Waals surface area contributed by atoms with E-state index in [1.165, 1.54) is 5.56 Å². The molecule has 27 heavy (non-hydrogen) atoms. The lowest BCUT2D eigenvalue weighted by Crippen LogP contribution is -2.28. The lowest BCUT2D eigenvalue weighted by Gasteiger charge is -2.15. The predicted molar refractivity (Wildman–Crippen MR) is 108 cm³/mol. The van der Waals surface area contributed by atoms with Crippen LogP contribution in [0.1, 0.15) is 25.0 Å². The molecule has 3 aromatic rings. The number of likely N-dealkylation sites (N-methyl/N-ethyl adjacent to an activating group) is 1. The van der Waals surface area contributed by atoms with Gasteiger partial charge in [0.1, 0.15) is 5.69 Å². The molecule has 5 nitrogen and oxygen atoms in total. The molecule has 0 spiro atoms. The molecule has 2 aromatic heterocycles. The highest BCUT2D eigenvalue weighted by molar-refractivity contribution is 5.92. The Labute approximate surface area is 160 Å². The van der Waals surface area contributed by atoms with Crippen LogP contribution in [0.3, 0.4) is 0 Å². The fraction of sp³-hybridized carbons (Fsp3) is 0.227. The molecule has 2 heterocycles. The van der Waals surface area contributed by atoms with E-state index in [1.807, 2.05) is 61.1 Å². The number of hydrogen-bond donors (Lipinski definition) is 0. The maximum absolute atomic E-state index is 12.3. The van der Waals surface area contributed by atoms with Gasteiger partial charge in [-0.15, -0.1) is 0 Å². The molecule has 0 bridgehead atoms. The van der Waals surface area contributed by atoms with Gasteiger partial charge in [0.05, 0.1) is 6.54 Å². The van der Waals surface area contributed by atoms with Gasteiger partial charge in [0.15, 0.2) is 0 Å². The zero-order valence-corrected chi connectivity index (χ0v) is 15.7. The summed E-state index contributed by atoms with van der Waals surface area (Å²) in [6, 6.07) is 14.1. The van der Waals surface area contributed by atoms with E-state index in [9.17, 15) is 4.79 Å². The van der Waals surface area contributed by atoms with Gasteiger partial charge in [0, 0.05) is 48.9 Å². The molecule has 0 fully saturated rings. The van der Waals surface area contributed by atoms with E-state index < -0.39 is 0 Å². The summed E-state index contributed by atoms with van der Waals surface area (Å²) in [5.41, 5.74) is 3.83. The zero-order chi connectivity index (χ0) is 19.1. The summed E-state index contributed by atoms with van der Waals surface area (Å²) >= 11 is 0. The Bertz CT molecular complexity index is 897. The number of carbonyl (C=O) groups is 1. The van der Waals surface area contributed by atoms with Crippen molar-refractivity contribution in [1.29, 1.82) is 0 Å². The normalized spacial score (nSPS) is 11.0. The molecule has 1 amide bonds. The van der Waals surface area contributed by atoms with E-state index in [0.717, 1.165) is 16.8 Å². The first-order valence-electron chi connectivity index (χ1n) is 9.20. The molecule has 3 rings (SSSR count). The fourth-order valence-corrected chi connectivity index (χ4v) is 2.94. The molecule has 0 aliphatic rings.